The number of rotatable bonds is 6. The molecule has 0 amide bonds. The van der Waals surface area contributed by atoms with Gasteiger partial charge in [-0.3, -0.25) is 0 Å². The van der Waals surface area contributed by atoms with Crippen LogP contribution in [0.3, 0.4) is 0 Å². The minimum atomic E-state index is 0.693. The fourth-order valence-electron chi connectivity index (χ4n) is 3.09. The van der Waals surface area contributed by atoms with Gasteiger partial charge in [0.15, 0.2) is 5.16 Å². The maximum Gasteiger partial charge on any atom is 0.169 e. The highest BCUT2D eigenvalue weighted by Crippen LogP contribution is 2.27. The van der Waals surface area contributed by atoms with Gasteiger partial charge in [-0.2, -0.15) is 5.26 Å². The number of hydrogen-bond donors (Lipinski definition) is 0. The maximum absolute atomic E-state index is 8.94. The predicted molar refractivity (Wildman–Crippen MR) is 111 cm³/mol. The van der Waals surface area contributed by atoms with Crippen molar-refractivity contribution in [3.63, 3.8) is 0 Å². The Labute approximate surface area is 163 Å². The highest BCUT2D eigenvalue weighted by molar-refractivity contribution is 7.98. The summed E-state index contributed by atoms with van der Waals surface area (Å²) in [5, 5.41) is 9.98. The summed E-state index contributed by atoms with van der Waals surface area (Å²) < 4.78 is 2.32. The molecule has 0 bridgehead atoms. The Hall–Kier alpha value is -3.03. The number of hydrogen-bond acceptors (Lipinski definition) is 3. The molecule has 0 aliphatic rings. The van der Waals surface area contributed by atoms with Crippen molar-refractivity contribution in [3.05, 3.63) is 95.6 Å². The molecule has 3 aromatic carbocycles. The van der Waals surface area contributed by atoms with E-state index in [4.69, 9.17) is 10.2 Å². The lowest BCUT2D eigenvalue weighted by atomic mass is 10.1. The van der Waals surface area contributed by atoms with Crippen LogP contribution in [0.25, 0.3) is 11.0 Å². The van der Waals surface area contributed by atoms with Gasteiger partial charge in [-0.1, -0.05) is 66.4 Å². The zero-order valence-corrected chi connectivity index (χ0v) is 15.7. The summed E-state index contributed by atoms with van der Waals surface area (Å²) in [6, 6.07) is 28.8. The van der Waals surface area contributed by atoms with Gasteiger partial charge in [-0.05, 0) is 41.8 Å². The van der Waals surface area contributed by atoms with E-state index in [1.165, 1.54) is 16.6 Å². The average Bonchev–Trinajstić information content (AvgIpc) is 3.09. The van der Waals surface area contributed by atoms with Crippen LogP contribution < -0.4 is 0 Å². The second kappa shape index (κ2) is 8.11. The summed E-state index contributed by atoms with van der Waals surface area (Å²) >= 11 is 1.74. The Bertz CT molecular complexity index is 1080. The van der Waals surface area contributed by atoms with E-state index >= 15 is 0 Å². The van der Waals surface area contributed by atoms with Gasteiger partial charge in [0.05, 0.1) is 22.7 Å². The summed E-state index contributed by atoms with van der Waals surface area (Å²) in [5.74, 6) is 0.834. The van der Waals surface area contributed by atoms with Gasteiger partial charge < -0.3 is 4.57 Å². The van der Waals surface area contributed by atoms with Crippen LogP contribution in [-0.2, 0) is 18.7 Å². The van der Waals surface area contributed by atoms with Crippen molar-refractivity contribution in [2.75, 3.05) is 0 Å². The highest BCUT2D eigenvalue weighted by Gasteiger charge is 2.11. The Morgan fingerprint density at radius 2 is 1.59 bits per heavy atom. The maximum atomic E-state index is 8.94. The normalized spacial score (nSPS) is 10.8. The Morgan fingerprint density at radius 1 is 0.852 bits per heavy atom. The number of fused-ring (bicyclic) bond motifs is 1. The smallest absolute Gasteiger partial charge is 0.169 e. The molecule has 4 aromatic rings. The minimum absolute atomic E-state index is 0.693. The second-order valence-electron chi connectivity index (χ2n) is 6.37. The molecule has 0 aliphatic heterocycles. The average molecular weight is 369 g/mol. The molecule has 0 spiro atoms. The number of nitriles is 1. The number of aryl methyl sites for hydroxylation is 2. The van der Waals surface area contributed by atoms with Crippen LogP contribution in [-0.4, -0.2) is 9.55 Å². The predicted octanol–water partition coefficient (Wildman–Crippen LogP) is 5.44. The van der Waals surface area contributed by atoms with Crippen molar-refractivity contribution in [3.8, 4) is 6.07 Å². The molecule has 0 N–H and O–H groups in total. The van der Waals surface area contributed by atoms with Gasteiger partial charge in [0.1, 0.15) is 0 Å². The summed E-state index contributed by atoms with van der Waals surface area (Å²) in [6.45, 7) is 0.903. The minimum Gasteiger partial charge on any atom is -0.319 e. The molecule has 0 atom stereocenters. The number of aromatic nitrogens is 2. The van der Waals surface area contributed by atoms with E-state index in [9.17, 15) is 0 Å². The fraction of sp³-hybridized carbons (Fsp3) is 0.130. The third-order valence-corrected chi connectivity index (χ3v) is 5.58. The van der Waals surface area contributed by atoms with Gasteiger partial charge in [0.2, 0.25) is 0 Å². The van der Waals surface area contributed by atoms with Crippen molar-refractivity contribution < 1.29 is 0 Å². The number of benzene rings is 3. The van der Waals surface area contributed by atoms with Crippen LogP contribution in [0, 0.1) is 11.3 Å². The number of nitrogens with zero attached hydrogens (tertiary/aromatic N) is 3. The summed E-state index contributed by atoms with van der Waals surface area (Å²) in [5.41, 5.74) is 5.43. The van der Waals surface area contributed by atoms with Gasteiger partial charge in [0, 0.05) is 12.3 Å². The van der Waals surface area contributed by atoms with E-state index in [2.05, 4.69) is 59.2 Å². The van der Waals surface area contributed by atoms with Gasteiger partial charge in [0.25, 0.3) is 0 Å². The van der Waals surface area contributed by atoms with Gasteiger partial charge >= 0.3 is 0 Å². The molecule has 0 saturated carbocycles. The molecular weight excluding hydrogens is 350 g/mol. The first kappa shape index (κ1) is 17.4. The van der Waals surface area contributed by atoms with Crippen molar-refractivity contribution >= 4 is 22.8 Å². The van der Waals surface area contributed by atoms with Crippen molar-refractivity contribution in [2.45, 2.75) is 23.9 Å². The summed E-state index contributed by atoms with van der Waals surface area (Å²) in [7, 11) is 0. The third-order valence-electron chi connectivity index (χ3n) is 4.54. The molecule has 3 nitrogen and oxygen atoms in total. The largest absolute Gasteiger partial charge is 0.319 e. The van der Waals surface area contributed by atoms with Crippen molar-refractivity contribution in [2.24, 2.45) is 0 Å². The molecule has 1 aromatic heterocycles. The van der Waals surface area contributed by atoms with E-state index in [0.717, 1.165) is 29.4 Å². The quantitative estimate of drug-likeness (QED) is 0.425. The summed E-state index contributed by atoms with van der Waals surface area (Å²) in [6.07, 6.45) is 0.978. The second-order valence-corrected chi connectivity index (χ2v) is 7.31. The van der Waals surface area contributed by atoms with E-state index in [1.54, 1.807) is 11.8 Å². The molecule has 0 saturated heterocycles. The van der Waals surface area contributed by atoms with Crippen LogP contribution in [0.2, 0.25) is 0 Å². The Balaban J connectivity index is 1.56. The van der Waals surface area contributed by atoms with E-state index < -0.39 is 0 Å². The Kier molecular flexibility index (Phi) is 5.22. The third kappa shape index (κ3) is 4.05. The molecule has 27 heavy (non-hydrogen) atoms. The molecule has 0 aliphatic carbocycles. The van der Waals surface area contributed by atoms with Crippen molar-refractivity contribution in [1.29, 1.82) is 5.26 Å². The van der Waals surface area contributed by atoms with Crippen LogP contribution in [0.5, 0.6) is 0 Å². The first-order valence-corrected chi connectivity index (χ1v) is 9.93. The van der Waals surface area contributed by atoms with Gasteiger partial charge in [-0.25, -0.2) is 4.98 Å². The molecule has 4 rings (SSSR count). The molecular formula is C23H19N3S. The molecule has 132 valence electrons. The van der Waals surface area contributed by atoms with Gasteiger partial charge in [-0.15, -0.1) is 0 Å². The fourth-order valence-corrected chi connectivity index (χ4v) is 4.09. The molecule has 0 unspecified atom stereocenters. The standard InChI is InChI=1S/C23H19N3S/c24-16-19-10-12-20(13-11-19)17-27-23-25-21-8-4-5-9-22(21)26(23)15-14-18-6-2-1-3-7-18/h1-13H,14-15,17H2. The molecule has 0 radical (unpaired) electrons. The first-order chi connectivity index (χ1) is 13.3. The van der Waals surface area contributed by atoms with E-state index in [0.29, 0.717) is 5.56 Å². The highest BCUT2D eigenvalue weighted by atomic mass is 32.2. The molecule has 1 heterocycles. The topological polar surface area (TPSA) is 41.6 Å². The first-order valence-electron chi connectivity index (χ1n) is 8.94. The van der Waals surface area contributed by atoms with Crippen LogP contribution >= 0.6 is 11.8 Å². The lowest BCUT2D eigenvalue weighted by Crippen LogP contribution is -2.03. The zero-order chi connectivity index (χ0) is 18.5. The Morgan fingerprint density at radius 3 is 2.37 bits per heavy atom. The van der Waals surface area contributed by atoms with E-state index in [1.807, 2.05) is 30.3 Å². The molecule has 0 fully saturated rings. The van der Waals surface area contributed by atoms with E-state index in [-0.39, 0.29) is 0 Å². The molecule has 4 heteroatoms. The summed E-state index contributed by atoms with van der Waals surface area (Å²) in [4.78, 5) is 4.85. The van der Waals surface area contributed by atoms with Crippen LogP contribution in [0.4, 0.5) is 0 Å². The van der Waals surface area contributed by atoms with Crippen LogP contribution in [0.1, 0.15) is 16.7 Å². The lowest BCUT2D eigenvalue weighted by Gasteiger charge is -2.09. The monoisotopic (exact) mass is 369 g/mol. The number of imidazole rings is 1. The van der Waals surface area contributed by atoms with Crippen LogP contribution in [0.15, 0.2) is 84.0 Å². The lowest BCUT2D eigenvalue weighted by molar-refractivity contribution is 0.652. The SMILES string of the molecule is N#Cc1ccc(CSc2nc3ccccc3n2CCc2ccccc2)cc1. The van der Waals surface area contributed by atoms with Crippen molar-refractivity contribution in [1.82, 2.24) is 9.55 Å². The zero-order valence-electron chi connectivity index (χ0n) is 14.9. The number of para-hydroxylation sites is 2. The number of thioether (sulfide) groups is 1.